The Kier molecular flexibility index (Phi) is 6.17. The lowest BCUT2D eigenvalue weighted by atomic mass is 10.1. The number of rotatable bonds is 8. The molecule has 1 N–H and O–H groups in total. The predicted molar refractivity (Wildman–Crippen MR) is 98.1 cm³/mol. The summed E-state index contributed by atoms with van der Waals surface area (Å²) in [5, 5.41) is 6.67. The van der Waals surface area contributed by atoms with Crippen molar-refractivity contribution in [3.05, 3.63) is 76.9 Å². The fraction of sp³-hybridized carbons (Fsp3) is 0.250. The second-order valence-corrected chi connectivity index (χ2v) is 5.97. The minimum atomic E-state index is -0.142. The van der Waals surface area contributed by atoms with Crippen molar-refractivity contribution in [2.75, 3.05) is 7.11 Å². The van der Waals surface area contributed by atoms with E-state index in [1.54, 1.807) is 38.3 Å². The van der Waals surface area contributed by atoms with Crippen LogP contribution in [0.2, 0.25) is 0 Å². The van der Waals surface area contributed by atoms with Crippen LogP contribution in [0.3, 0.4) is 0 Å². The molecule has 0 bridgehead atoms. The van der Waals surface area contributed by atoms with Crippen LogP contribution in [0.15, 0.2) is 53.1 Å². The summed E-state index contributed by atoms with van der Waals surface area (Å²) in [5.41, 5.74) is 2.69. The summed E-state index contributed by atoms with van der Waals surface area (Å²) in [6.07, 6.45) is 0. The molecule has 1 aromatic heterocycles. The topological polar surface area (TPSA) is 86.5 Å². The quantitative estimate of drug-likeness (QED) is 0.659. The molecule has 0 aliphatic heterocycles. The molecule has 3 aromatic rings. The highest BCUT2D eigenvalue weighted by Crippen LogP contribution is 2.14. The van der Waals surface area contributed by atoms with Crippen LogP contribution in [-0.2, 0) is 24.5 Å². The second kappa shape index (κ2) is 8.95. The summed E-state index contributed by atoms with van der Waals surface area (Å²) in [6, 6.07) is 14.8. The van der Waals surface area contributed by atoms with E-state index in [4.69, 9.17) is 14.0 Å². The summed E-state index contributed by atoms with van der Waals surface area (Å²) < 4.78 is 15.5. The first kappa shape index (κ1) is 18.6. The molecule has 0 aliphatic rings. The Labute approximate surface area is 157 Å². The van der Waals surface area contributed by atoms with Gasteiger partial charge >= 0.3 is 0 Å². The van der Waals surface area contributed by atoms with E-state index in [-0.39, 0.29) is 12.5 Å². The first-order valence-corrected chi connectivity index (χ1v) is 8.51. The van der Waals surface area contributed by atoms with Crippen LogP contribution in [0.1, 0.15) is 33.2 Å². The lowest BCUT2D eigenvalue weighted by Gasteiger charge is -2.08. The van der Waals surface area contributed by atoms with Gasteiger partial charge in [0.2, 0.25) is 11.7 Å². The van der Waals surface area contributed by atoms with Gasteiger partial charge in [0, 0.05) is 26.1 Å². The van der Waals surface area contributed by atoms with Gasteiger partial charge in [-0.1, -0.05) is 29.4 Å². The number of hydrogen-bond donors (Lipinski definition) is 1. The smallest absolute Gasteiger partial charge is 0.251 e. The van der Waals surface area contributed by atoms with Crippen molar-refractivity contribution in [1.82, 2.24) is 15.5 Å². The summed E-state index contributed by atoms with van der Waals surface area (Å²) in [6.45, 7) is 2.97. The van der Waals surface area contributed by atoms with Crippen molar-refractivity contribution >= 4 is 5.91 Å². The average Bonchev–Trinajstić information content (AvgIpc) is 3.11. The van der Waals surface area contributed by atoms with E-state index < -0.39 is 0 Å². The Morgan fingerprint density at radius 1 is 1.04 bits per heavy atom. The lowest BCUT2D eigenvalue weighted by molar-refractivity contribution is 0.0951. The Bertz CT molecular complexity index is 873. The zero-order valence-electron chi connectivity index (χ0n) is 15.3. The van der Waals surface area contributed by atoms with Crippen LogP contribution < -0.4 is 10.1 Å². The third-order valence-corrected chi connectivity index (χ3v) is 3.84. The maximum Gasteiger partial charge on any atom is 0.251 e. The van der Waals surface area contributed by atoms with E-state index in [0.717, 1.165) is 11.1 Å². The maximum absolute atomic E-state index is 12.3. The van der Waals surface area contributed by atoms with Gasteiger partial charge in [0.05, 0.1) is 6.61 Å². The highest BCUT2D eigenvalue weighted by molar-refractivity contribution is 5.94. The van der Waals surface area contributed by atoms with E-state index in [1.165, 1.54) is 0 Å². The number of benzene rings is 2. The highest BCUT2D eigenvalue weighted by Gasteiger charge is 2.07. The van der Waals surface area contributed by atoms with Crippen molar-refractivity contribution in [3.8, 4) is 5.75 Å². The van der Waals surface area contributed by atoms with Crippen LogP contribution in [0.25, 0.3) is 0 Å². The van der Waals surface area contributed by atoms with Crippen molar-refractivity contribution in [1.29, 1.82) is 0 Å². The molecule has 0 fully saturated rings. The molecule has 1 heterocycles. The zero-order valence-corrected chi connectivity index (χ0v) is 15.3. The molecule has 2 aromatic carbocycles. The Hall–Kier alpha value is -3.19. The first-order valence-electron chi connectivity index (χ1n) is 8.51. The van der Waals surface area contributed by atoms with Gasteiger partial charge in [-0.05, 0) is 35.4 Å². The number of carbonyl (C=O) groups is 1. The van der Waals surface area contributed by atoms with E-state index in [2.05, 4.69) is 15.5 Å². The molecule has 0 saturated carbocycles. The fourth-order valence-electron chi connectivity index (χ4n) is 2.45. The van der Waals surface area contributed by atoms with Crippen LogP contribution in [0.4, 0.5) is 0 Å². The van der Waals surface area contributed by atoms with Crippen LogP contribution >= 0.6 is 0 Å². The van der Waals surface area contributed by atoms with Crippen LogP contribution in [-0.4, -0.2) is 23.2 Å². The van der Waals surface area contributed by atoms with E-state index in [9.17, 15) is 4.79 Å². The normalized spacial score (nSPS) is 10.6. The van der Waals surface area contributed by atoms with Gasteiger partial charge in [-0.2, -0.15) is 4.98 Å². The van der Waals surface area contributed by atoms with Crippen molar-refractivity contribution in [3.63, 3.8) is 0 Å². The van der Waals surface area contributed by atoms with E-state index in [1.807, 2.05) is 24.3 Å². The average molecular weight is 367 g/mol. The minimum Gasteiger partial charge on any atom is -0.485 e. The molecule has 3 rings (SSSR count). The summed E-state index contributed by atoms with van der Waals surface area (Å²) in [4.78, 5) is 16.3. The van der Waals surface area contributed by atoms with Gasteiger partial charge in [0.25, 0.3) is 5.91 Å². The molecule has 0 radical (unpaired) electrons. The largest absolute Gasteiger partial charge is 0.485 e. The number of ether oxygens (including phenoxy) is 2. The van der Waals surface area contributed by atoms with Gasteiger partial charge in [0.1, 0.15) is 5.75 Å². The number of hydrogen-bond acceptors (Lipinski definition) is 6. The van der Waals surface area contributed by atoms with Gasteiger partial charge in [0.15, 0.2) is 6.61 Å². The molecule has 140 valence electrons. The standard InChI is InChI=1S/C20H21N3O4/c1-14-22-19(23-27-14)13-26-18-9-7-17(8-10-18)20(24)21-11-15-3-5-16(6-4-15)12-25-2/h3-10H,11-13H2,1-2H3,(H,21,24). The molecule has 7 nitrogen and oxygen atoms in total. The van der Waals surface area contributed by atoms with Crippen molar-refractivity contribution in [2.24, 2.45) is 0 Å². The third kappa shape index (κ3) is 5.39. The minimum absolute atomic E-state index is 0.142. The van der Waals surface area contributed by atoms with E-state index in [0.29, 0.717) is 36.2 Å². The molecular weight excluding hydrogens is 346 g/mol. The number of carbonyl (C=O) groups excluding carboxylic acids is 1. The number of aryl methyl sites for hydroxylation is 1. The Morgan fingerprint density at radius 3 is 2.37 bits per heavy atom. The van der Waals surface area contributed by atoms with Gasteiger partial charge in [-0.3, -0.25) is 4.79 Å². The molecule has 0 atom stereocenters. The Morgan fingerprint density at radius 2 is 1.74 bits per heavy atom. The van der Waals surface area contributed by atoms with Gasteiger partial charge in [-0.25, -0.2) is 0 Å². The molecule has 0 saturated heterocycles. The third-order valence-electron chi connectivity index (χ3n) is 3.84. The monoisotopic (exact) mass is 367 g/mol. The SMILES string of the molecule is COCc1ccc(CNC(=O)c2ccc(OCc3noc(C)n3)cc2)cc1. The molecule has 27 heavy (non-hydrogen) atoms. The molecule has 7 heteroatoms. The molecule has 1 amide bonds. The molecular formula is C20H21N3O4. The highest BCUT2D eigenvalue weighted by atomic mass is 16.5. The summed E-state index contributed by atoms with van der Waals surface area (Å²) in [7, 11) is 1.66. The van der Waals surface area contributed by atoms with Crippen LogP contribution in [0, 0.1) is 6.92 Å². The maximum atomic E-state index is 12.3. The fourth-order valence-corrected chi connectivity index (χ4v) is 2.45. The van der Waals surface area contributed by atoms with E-state index >= 15 is 0 Å². The Balaban J connectivity index is 1.49. The van der Waals surface area contributed by atoms with Gasteiger partial charge in [-0.15, -0.1) is 0 Å². The summed E-state index contributed by atoms with van der Waals surface area (Å²) >= 11 is 0. The second-order valence-electron chi connectivity index (χ2n) is 5.97. The number of aromatic nitrogens is 2. The van der Waals surface area contributed by atoms with Gasteiger partial charge < -0.3 is 19.3 Å². The first-order chi connectivity index (χ1) is 13.1. The van der Waals surface area contributed by atoms with Crippen LogP contribution in [0.5, 0.6) is 5.75 Å². The number of nitrogens with one attached hydrogen (secondary N) is 1. The number of amides is 1. The summed E-state index contributed by atoms with van der Waals surface area (Å²) in [5.74, 6) is 1.46. The lowest BCUT2D eigenvalue weighted by Crippen LogP contribution is -2.22. The molecule has 0 unspecified atom stereocenters. The zero-order chi connectivity index (χ0) is 19.1. The number of nitrogens with zero attached hydrogens (tertiary/aromatic N) is 2. The van der Waals surface area contributed by atoms with Crippen molar-refractivity contribution in [2.45, 2.75) is 26.7 Å². The predicted octanol–water partition coefficient (Wildman–Crippen LogP) is 3.03. The van der Waals surface area contributed by atoms with Crippen molar-refractivity contribution < 1.29 is 18.8 Å². The molecule has 0 spiro atoms. The molecule has 0 aliphatic carbocycles. The number of methoxy groups -OCH3 is 1.